The van der Waals surface area contributed by atoms with Gasteiger partial charge >= 0.3 is 0 Å². The van der Waals surface area contributed by atoms with Crippen LogP contribution in [0, 0.1) is 6.92 Å². The molecule has 1 aliphatic heterocycles. The number of aryl methyl sites for hydroxylation is 1. The topological polar surface area (TPSA) is 47.0 Å². The van der Waals surface area contributed by atoms with Crippen LogP contribution < -0.4 is 5.32 Å². The molecule has 112 valence electrons. The average Bonchev–Trinajstić information content (AvgIpc) is 3.16. The Kier molecular flexibility index (Phi) is 5.11. The molecule has 1 saturated heterocycles. The molecule has 0 aliphatic carbocycles. The summed E-state index contributed by atoms with van der Waals surface area (Å²) in [6.45, 7) is 3.86. The summed E-state index contributed by atoms with van der Waals surface area (Å²) in [4.78, 5) is 0. The van der Waals surface area contributed by atoms with E-state index in [4.69, 9.17) is 4.74 Å². The second kappa shape index (κ2) is 7.24. The van der Waals surface area contributed by atoms with Crippen molar-refractivity contribution in [3.05, 3.63) is 35.4 Å². The third-order valence-corrected chi connectivity index (χ3v) is 5.59. The summed E-state index contributed by atoms with van der Waals surface area (Å²) in [5.41, 5.74) is 2.68. The molecule has 1 aromatic carbocycles. The SMILES string of the molecule is Cc1ccccc1CSc1nnc(NCC2CCCO2)s1. The molecule has 2 heterocycles. The average molecular weight is 321 g/mol. The maximum Gasteiger partial charge on any atom is 0.206 e. The molecule has 1 aliphatic rings. The van der Waals surface area contributed by atoms with Crippen LogP contribution in [-0.2, 0) is 10.5 Å². The van der Waals surface area contributed by atoms with E-state index in [1.165, 1.54) is 17.5 Å². The molecule has 2 aromatic rings. The molecule has 0 saturated carbocycles. The Labute approximate surface area is 133 Å². The fraction of sp³-hybridized carbons (Fsp3) is 0.467. The third-order valence-electron chi connectivity index (χ3n) is 3.52. The summed E-state index contributed by atoms with van der Waals surface area (Å²) in [5.74, 6) is 0.938. The van der Waals surface area contributed by atoms with Gasteiger partial charge in [-0.1, -0.05) is 47.4 Å². The Morgan fingerprint density at radius 1 is 1.38 bits per heavy atom. The van der Waals surface area contributed by atoms with E-state index in [-0.39, 0.29) is 0 Å². The van der Waals surface area contributed by atoms with E-state index in [9.17, 15) is 0 Å². The molecule has 6 heteroatoms. The molecule has 1 fully saturated rings. The van der Waals surface area contributed by atoms with Crippen molar-refractivity contribution in [2.24, 2.45) is 0 Å². The second-order valence-corrected chi connectivity index (χ2v) is 7.30. The lowest BCUT2D eigenvalue weighted by Gasteiger charge is -2.08. The van der Waals surface area contributed by atoms with Gasteiger partial charge in [-0.15, -0.1) is 10.2 Å². The molecule has 0 amide bonds. The Hall–Kier alpha value is -1.11. The van der Waals surface area contributed by atoms with Gasteiger partial charge < -0.3 is 10.1 Å². The van der Waals surface area contributed by atoms with Crippen molar-refractivity contribution in [3.8, 4) is 0 Å². The molecule has 1 unspecified atom stereocenters. The largest absolute Gasteiger partial charge is 0.376 e. The summed E-state index contributed by atoms with van der Waals surface area (Å²) in [7, 11) is 0. The molecule has 3 rings (SSSR count). The molecule has 21 heavy (non-hydrogen) atoms. The number of benzene rings is 1. The number of ether oxygens (including phenoxy) is 1. The van der Waals surface area contributed by atoms with E-state index in [2.05, 4.69) is 46.7 Å². The van der Waals surface area contributed by atoms with Crippen LogP contribution in [0.4, 0.5) is 5.13 Å². The van der Waals surface area contributed by atoms with Gasteiger partial charge in [-0.3, -0.25) is 0 Å². The monoisotopic (exact) mass is 321 g/mol. The summed E-state index contributed by atoms with van der Waals surface area (Å²) in [5, 5.41) is 12.6. The predicted molar refractivity (Wildman–Crippen MR) is 88.1 cm³/mol. The number of nitrogens with zero attached hydrogens (tertiary/aromatic N) is 2. The van der Waals surface area contributed by atoms with Gasteiger partial charge in [0, 0.05) is 18.9 Å². The quantitative estimate of drug-likeness (QED) is 0.822. The van der Waals surface area contributed by atoms with Crippen molar-refractivity contribution in [1.29, 1.82) is 0 Å². The molecular weight excluding hydrogens is 302 g/mol. The van der Waals surface area contributed by atoms with E-state index < -0.39 is 0 Å². The summed E-state index contributed by atoms with van der Waals surface area (Å²) in [6.07, 6.45) is 2.64. The van der Waals surface area contributed by atoms with E-state index in [0.717, 1.165) is 34.8 Å². The van der Waals surface area contributed by atoms with E-state index >= 15 is 0 Å². The lowest BCUT2D eigenvalue weighted by molar-refractivity contribution is 0.120. The van der Waals surface area contributed by atoms with Gasteiger partial charge in [-0.25, -0.2) is 0 Å². The van der Waals surface area contributed by atoms with Gasteiger partial charge in [-0.05, 0) is 30.9 Å². The number of thioether (sulfide) groups is 1. The highest BCUT2D eigenvalue weighted by Crippen LogP contribution is 2.29. The highest BCUT2D eigenvalue weighted by Gasteiger charge is 2.15. The maximum absolute atomic E-state index is 5.59. The molecule has 1 atom stereocenters. The Morgan fingerprint density at radius 2 is 2.29 bits per heavy atom. The highest BCUT2D eigenvalue weighted by atomic mass is 32.2. The number of hydrogen-bond acceptors (Lipinski definition) is 6. The van der Waals surface area contributed by atoms with E-state index in [1.807, 2.05) is 0 Å². The van der Waals surface area contributed by atoms with Gasteiger partial charge in [0.05, 0.1) is 6.10 Å². The second-order valence-electron chi connectivity index (χ2n) is 5.10. The molecule has 0 spiro atoms. The zero-order chi connectivity index (χ0) is 14.5. The van der Waals surface area contributed by atoms with Gasteiger partial charge in [0.2, 0.25) is 5.13 Å². The molecular formula is C15H19N3OS2. The third kappa shape index (κ3) is 4.18. The van der Waals surface area contributed by atoms with E-state index in [0.29, 0.717) is 6.10 Å². The Balaban J connectivity index is 1.49. The van der Waals surface area contributed by atoms with Crippen LogP contribution in [0.25, 0.3) is 0 Å². The normalized spacial score (nSPS) is 18.0. The van der Waals surface area contributed by atoms with Crippen molar-refractivity contribution < 1.29 is 4.74 Å². The van der Waals surface area contributed by atoms with Crippen LogP contribution in [0.15, 0.2) is 28.6 Å². The molecule has 1 aromatic heterocycles. The first-order valence-electron chi connectivity index (χ1n) is 7.17. The van der Waals surface area contributed by atoms with Gasteiger partial charge in [0.25, 0.3) is 0 Å². The smallest absolute Gasteiger partial charge is 0.206 e. The molecule has 0 bridgehead atoms. The maximum atomic E-state index is 5.59. The van der Waals surface area contributed by atoms with Gasteiger partial charge in [-0.2, -0.15) is 0 Å². The van der Waals surface area contributed by atoms with Crippen molar-refractivity contribution in [2.45, 2.75) is 36.0 Å². The summed E-state index contributed by atoms with van der Waals surface area (Å²) < 4.78 is 6.60. The minimum absolute atomic E-state index is 0.331. The van der Waals surface area contributed by atoms with Crippen LogP contribution in [0.1, 0.15) is 24.0 Å². The summed E-state index contributed by atoms with van der Waals surface area (Å²) >= 11 is 3.36. The van der Waals surface area contributed by atoms with Gasteiger partial charge in [0.15, 0.2) is 4.34 Å². The number of anilines is 1. The van der Waals surface area contributed by atoms with Crippen molar-refractivity contribution in [1.82, 2.24) is 10.2 Å². The predicted octanol–water partition coefficient (Wildman–Crippen LogP) is 3.73. The zero-order valence-electron chi connectivity index (χ0n) is 12.0. The Bertz CT molecular complexity index is 582. The number of nitrogens with one attached hydrogen (secondary N) is 1. The lowest BCUT2D eigenvalue weighted by atomic mass is 10.1. The van der Waals surface area contributed by atoms with Crippen LogP contribution in [0.2, 0.25) is 0 Å². The number of hydrogen-bond donors (Lipinski definition) is 1. The Morgan fingerprint density at radius 3 is 3.10 bits per heavy atom. The van der Waals surface area contributed by atoms with Crippen molar-refractivity contribution >= 4 is 28.2 Å². The number of rotatable bonds is 6. The molecule has 0 radical (unpaired) electrons. The number of aromatic nitrogens is 2. The first-order valence-corrected chi connectivity index (χ1v) is 8.98. The van der Waals surface area contributed by atoms with Crippen LogP contribution >= 0.6 is 23.1 Å². The summed E-state index contributed by atoms with van der Waals surface area (Å²) in [6, 6.07) is 8.46. The fourth-order valence-corrected chi connectivity index (χ4v) is 4.09. The van der Waals surface area contributed by atoms with E-state index in [1.54, 1.807) is 23.1 Å². The van der Waals surface area contributed by atoms with Crippen LogP contribution in [-0.4, -0.2) is 29.5 Å². The van der Waals surface area contributed by atoms with Crippen LogP contribution in [0.5, 0.6) is 0 Å². The fourth-order valence-electron chi connectivity index (χ4n) is 2.26. The van der Waals surface area contributed by atoms with Crippen molar-refractivity contribution in [2.75, 3.05) is 18.5 Å². The minimum Gasteiger partial charge on any atom is -0.376 e. The minimum atomic E-state index is 0.331. The first-order chi connectivity index (χ1) is 10.3. The molecule has 4 nitrogen and oxygen atoms in total. The highest BCUT2D eigenvalue weighted by molar-refractivity contribution is 8.00. The standard InChI is InChI=1S/C15H19N3OS2/c1-11-5-2-3-6-12(11)10-20-15-18-17-14(21-15)16-9-13-7-4-8-19-13/h2-3,5-6,13H,4,7-10H2,1H3,(H,16,17). The van der Waals surface area contributed by atoms with Crippen molar-refractivity contribution in [3.63, 3.8) is 0 Å². The zero-order valence-corrected chi connectivity index (χ0v) is 13.7. The van der Waals surface area contributed by atoms with Crippen LogP contribution in [0.3, 0.4) is 0 Å². The lowest BCUT2D eigenvalue weighted by Crippen LogP contribution is -2.18. The first kappa shape index (κ1) is 14.8. The van der Waals surface area contributed by atoms with Gasteiger partial charge in [0.1, 0.15) is 0 Å². The molecule has 1 N–H and O–H groups in total.